The van der Waals surface area contributed by atoms with Gasteiger partial charge in [0, 0.05) is 16.7 Å². The molecular weight excluding hydrogens is 233 g/mol. The molecule has 0 aliphatic carbocycles. The first-order chi connectivity index (χ1) is 6.24. The van der Waals surface area contributed by atoms with E-state index in [1.54, 1.807) is 6.07 Å². The molecule has 0 unspecified atom stereocenters. The van der Waals surface area contributed by atoms with Gasteiger partial charge in [-0.05, 0) is 40.5 Å². The fraction of sp³-hybridized carbons (Fsp3) is 0.200. The van der Waals surface area contributed by atoms with Gasteiger partial charge in [-0.1, -0.05) is 6.08 Å². The van der Waals surface area contributed by atoms with Crippen LogP contribution in [-0.4, -0.2) is 6.54 Å². The monoisotopic (exact) mass is 243 g/mol. The minimum atomic E-state index is -0.235. The van der Waals surface area contributed by atoms with Gasteiger partial charge in [0.15, 0.2) is 0 Å². The second-order valence-electron chi connectivity index (χ2n) is 2.63. The van der Waals surface area contributed by atoms with Crippen LogP contribution in [0.15, 0.2) is 35.3 Å². The smallest absolute Gasteiger partial charge is 0.124 e. The first-order valence-electron chi connectivity index (χ1n) is 4.04. The average molecular weight is 244 g/mol. The van der Waals surface area contributed by atoms with Crippen molar-refractivity contribution in [3.05, 3.63) is 41.1 Å². The quantitative estimate of drug-likeness (QED) is 0.630. The van der Waals surface area contributed by atoms with Crippen LogP contribution in [0.25, 0.3) is 0 Å². The molecule has 1 aromatic rings. The molecule has 0 atom stereocenters. The molecule has 1 N–H and O–H groups in total. The van der Waals surface area contributed by atoms with Crippen LogP contribution >= 0.6 is 15.9 Å². The first kappa shape index (κ1) is 10.3. The van der Waals surface area contributed by atoms with Crippen molar-refractivity contribution >= 4 is 21.6 Å². The zero-order valence-electron chi connectivity index (χ0n) is 7.19. The Bertz CT molecular complexity index is 299. The highest BCUT2D eigenvalue weighted by molar-refractivity contribution is 9.10. The second-order valence-corrected chi connectivity index (χ2v) is 3.48. The minimum absolute atomic E-state index is 0.235. The predicted octanol–water partition coefficient (Wildman–Crippen LogP) is 3.58. The van der Waals surface area contributed by atoms with E-state index in [0.29, 0.717) is 0 Å². The third-order valence-corrected chi connectivity index (χ3v) is 2.25. The number of halogens is 2. The molecule has 1 nitrogen and oxygen atoms in total. The van der Waals surface area contributed by atoms with E-state index in [2.05, 4.69) is 27.8 Å². The molecule has 0 aliphatic heterocycles. The Hall–Kier alpha value is -0.830. The highest BCUT2D eigenvalue weighted by Crippen LogP contribution is 2.22. The molecular formula is C10H11BrFN. The van der Waals surface area contributed by atoms with Gasteiger partial charge in [0.05, 0.1) is 0 Å². The molecule has 13 heavy (non-hydrogen) atoms. The lowest BCUT2D eigenvalue weighted by atomic mass is 10.3. The summed E-state index contributed by atoms with van der Waals surface area (Å²) in [6.45, 7) is 4.43. The molecule has 0 amide bonds. The molecule has 0 radical (unpaired) electrons. The number of hydrogen-bond acceptors (Lipinski definition) is 1. The van der Waals surface area contributed by atoms with E-state index >= 15 is 0 Å². The van der Waals surface area contributed by atoms with Crippen molar-refractivity contribution in [1.82, 2.24) is 0 Å². The van der Waals surface area contributed by atoms with Crippen molar-refractivity contribution in [3.8, 4) is 0 Å². The molecule has 0 heterocycles. The number of anilines is 1. The Morgan fingerprint density at radius 1 is 1.54 bits per heavy atom. The maximum absolute atomic E-state index is 12.7. The largest absolute Gasteiger partial charge is 0.384 e. The molecule has 70 valence electrons. The van der Waals surface area contributed by atoms with Crippen LogP contribution in [0.3, 0.4) is 0 Å². The van der Waals surface area contributed by atoms with E-state index in [1.807, 2.05) is 6.08 Å². The van der Waals surface area contributed by atoms with Gasteiger partial charge >= 0.3 is 0 Å². The number of nitrogens with one attached hydrogen (secondary N) is 1. The maximum Gasteiger partial charge on any atom is 0.124 e. The molecule has 1 aromatic carbocycles. The summed E-state index contributed by atoms with van der Waals surface area (Å²) in [5.74, 6) is -0.235. The van der Waals surface area contributed by atoms with Crippen LogP contribution in [-0.2, 0) is 0 Å². The Morgan fingerprint density at radius 2 is 2.31 bits per heavy atom. The first-order valence-corrected chi connectivity index (χ1v) is 4.83. The molecule has 1 rings (SSSR count). The Kier molecular flexibility index (Phi) is 3.96. The summed E-state index contributed by atoms with van der Waals surface area (Å²) in [6, 6.07) is 4.58. The Morgan fingerprint density at radius 3 is 2.92 bits per heavy atom. The van der Waals surface area contributed by atoms with Crippen LogP contribution in [0.1, 0.15) is 6.42 Å². The lowest BCUT2D eigenvalue weighted by molar-refractivity contribution is 0.627. The van der Waals surface area contributed by atoms with Crippen molar-refractivity contribution in [3.63, 3.8) is 0 Å². The molecule has 0 saturated heterocycles. The molecule has 3 heteroatoms. The zero-order valence-corrected chi connectivity index (χ0v) is 8.77. The van der Waals surface area contributed by atoms with Crippen molar-refractivity contribution in [1.29, 1.82) is 0 Å². The maximum atomic E-state index is 12.7. The van der Waals surface area contributed by atoms with Gasteiger partial charge in [0.2, 0.25) is 0 Å². The highest BCUT2D eigenvalue weighted by atomic mass is 79.9. The Labute approximate surface area is 85.8 Å². The van der Waals surface area contributed by atoms with E-state index in [1.165, 1.54) is 12.1 Å². The molecule has 0 aromatic heterocycles. The van der Waals surface area contributed by atoms with Crippen LogP contribution in [0.4, 0.5) is 10.1 Å². The Balaban J connectivity index is 2.61. The van der Waals surface area contributed by atoms with Gasteiger partial charge in [-0.15, -0.1) is 6.58 Å². The van der Waals surface area contributed by atoms with Crippen LogP contribution in [0.5, 0.6) is 0 Å². The number of benzene rings is 1. The normalized spacial score (nSPS) is 9.69. The van der Waals surface area contributed by atoms with Crippen molar-refractivity contribution in [2.75, 3.05) is 11.9 Å². The summed E-state index contributed by atoms with van der Waals surface area (Å²) in [7, 11) is 0. The molecule has 0 fully saturated rings. The van der Waals surface area contributed by atoms with Gasteiger partial charge < -0.3 is 5.32 Å². The zero-order chi connectivity index (χ0) is 9.68. The van der Waals surface area contributed by atoms with Gasteiger partial charge in [0.25, 0.3) is 0 Å². The van der Waals surface area contributed by atoms with Crippen molar-refractivity contribution in [2.45, 2.75) is 6.42 Å². The summed E-state index contributed by atoms with van der Waals surface area (Å²) < 4.78 is 13.4. The number of rotatable bonds is 4. The van der Waals surface area contributed by atoms with Crippen LogP contribution in [0.2, 0.25) is 0 Å². The minimum Gasteiger partial charge on any atom is -0.384 e. The van der Waals surface area contributed by atoms with E-state index in [9.17, 15) is 4.39 Å². The summed E-state index contributed by atoms with van der Waals surface area (Å²) in [5, 5.41) is 3.16. The van der Waals surface area contributed by atoms with Crippen LogP contribution in [0, 0.1) is 5.82 Å². The van der Waals surface area contributed by atoms with Crippen molar-refractivity contribution < 1.29 is 4.39 Å². The van der Waals surface area contributed by atoms with Gasteiger partial charge in [-0.2, -0.15) is 0 Å². The summed E-state index contributed by atoms with van der Waals surface area (Å²) in [6.07, 6.45) is 2.73. The SMILES string of the molecule is C=CCCNc1ccc(F)cc1Br. The summed E-state index contributed by atoms with van der Waals surface area (Å²) in [4.78, 5) is 0. The van der Waals surface area contributed by atoms with E-state index in [-0.39, 0.29) is 5.82 Å². The van der Waals surface area contributed by atoms with Gasteiger partial charge in [-0.25, -0.2) is 4.39 Å². The van der Waals surface area contributed by atoms with E-state index in [0.717, 1.165) is 23.1 Å². The topological polar surface area (TPSA) is 12.0 Å². The molecule has 0 spiro atoms. The third-order valence-electron chi connectivity index (χ3n) is 1.60. The lowest BCUT2D eigenvalue weighted by Crippen LogP contribution is -2.00. The summed E-state index contributed by atoms with van der Waals surface area (Å²) in [5.41, 5.74) is 0.906. The second kappa shape index (κ2) is 5.02. The van der Waals surface area contributed by atoms with Crippen LogP contribution < -0.4 is 5.32 Å². The number of hydrogen-bond donors (Lipinski definition) is 1. The highest BCUT2D eigenvalue weighted by Gasteiger charge is 1.99. The van der Waals surface area contributed by atoms with Gasteiger partial charge in [-0.3, -0.25) is 0 Å². The summed E-state index contributed by atoms with van der Waals surface area (Å²) >= 11 is 3.27. The molecule has 0 saturated carbocycles. The standard InChI is InChI=1S/C10H11BrFN/c1-2-3-6-13-10-5-4-8(12)7-9(10)11/h2,4-5,7,13H,1,3,6H2. The fourth-order valence-corrected chi connectivity index (χ4v) is 1.43. The average Bonchev–Trinajstić information content (AvgIpc) is 2.09. The van der Waals surface area contributed by atoms with E-state index < -0.39 is 0 Å². The molecule has 0 aliphatic rings. The lowest BCUT2D eigenvalue weighted by Gasteiger charge is -2.06. The molecule has 0 bridgehead atoms. The fourth-order valence-electron chi connectivity index (χ4n) is 0.942. The third kappa shape index (κ3) is 3.19. The predicted molar refractivity (Wildman–Crippen MR) is 57.4 cm³/mol. The van der Waals surface area contributed by atoms with E-state index in [4.69, 9.17) is 0 Å². The van der Waals surface area contributed by atoms with Crippen molar-refractivity contribution in [2.24, 2.45) is 0 Å². The van der Waals surface area contributed by atoms with Gasteiger partial charge in [0.1, 0.15) is 5.82 Å².